The van der Waals surface area contributed by atoms with Crippen LogP contribution in [0.2, 0.25) is 10.0 Å². The first-order chi connectivity index (χ1) is 11.1. The van der Waals surface area contributed by atoms with Gasteiger partial charge in [-0.1, -0.05) is 41.4 Å². The summed E-state index contributed by atoms with van der Waals surface area (Å²) in [5, 5.41) is 1.18. The summed E-state index contributed by atoms with van der Waals surface area (Å²) in [6, 6.07) is 10.9. The van der Waals surface area contributed by atoms with Crippen LogP contribution >= 0.6 is 23.2 Å². The third-order valence-corrected chi connectivity index (χ3v) is 4.04. The lowest BCUT2D eigenvalue weighted by Crippen LogP contribution is -2.23. The second-order valence-electron chi connectivity index (χ2n) is 5.14. The van der Waals surface area contributed by atoms with Crippen LogP contribution in [0.1, 0.15) is 5.56 Å². The topological polar surface area (TPSA) is 44.1 Å². The molecule has 0 fully saturated rings. The Bertz CT molecular complexity index is 922. The van der Waals surface area contributed by atoms with Gasteiger partial charge in [-0.05, 0) is 30.7 Å². The highest BCUT2D eigenvalue weighted by Gasteiger charge is 2.09. The number of halogens is 2. The highest BCUT2D eigenvalue weighted by molar-refractivity contribution is 6.38. The monoisotopic (exact) mass is 348 g/mol. The van der Waals surface area contributed by atoms with E-state index >= 15 is 0 Å². The van der Waals surface area contributed by atoms with Gasteiger partial charge in [-0.25, -0.2) is 4.98 Å². The third-order valence-electron chi connectivity index (χ3n) is 3.53. The average molecular weight is 349 g/mol. The molecule has 0 unspecified atom stereocenters. The van der Waals surface area contributed by atoms with Crippen LogP contribution in [0.25, 0.3) is 10.9 Å². The van der Waals surface area contributed by atoms with Crippen molar-refractivity contribution in [2.75, 3.05) is 6.61 Å². The van der Waals surface area contributed by atoms with E-state index in [-0.39, 0.29) is 5.56 Å². The Labute approximate surface area is 143 Å². The van der Waals surface area contributed by atoms with Gasteiger partial charge in [0.1, 0.15) is 12.4 Å². The molecule has 4 nitrogen and oxygen atoms in total. The van der Waals surface area contributed by atoms with Gasteiger partial charge in [-0.3, -0.25) is 9.36 Å². The minimum absolute atomic E-state index is 0.187. The Kier molecular flexibility index (Phi) is 4.55. The van der Waals surface area contributed by atoms with Crippen LogP contribution in [0.3, 0.4) is 0 Å². The number of hydrogen-bond acceptors (Lipinski definition) is 3. The molecule has 0 spiro atoms. The van der Waals surface area contributed by atoms with Crippen molar-refractivity contribution in [1.82, 2.24) is 9.55 Å². The molecule has 0 aliphatic heterocycles. The van der Waals surface area contributed by atoms with Gasteiger partial charge >= 0.3 is 0 Å². The molecule has 0 N–H and O–H groups in total. The number of rotatable bonds is 4. The molecule has 0 amide bonds. The van der Waals surface area contributed by atoms with Gasteiger partial charge in [0.25, 0.3) is 5.56 Å². The Hall–Kier alpha value is -2.04. The molecule has 1 aromatic heterocycles. The zero-order chi connectivity index (χ0) is 16.4. The van der Waals surface area contributed by atoms with Gasteiger partial charge in [-0.2, -0.15) is 0 Å². The largest absolute Gasteiger partial charge is 0.491 e. The summed E-state index contributed by atoms with van der Waals surface area (Å²) >= 11 is 12.0. The number of ether oxygens (including phenoxy) is 1. The fourth-order valence-electron chi connectivity index (χ4n) is 2.33. The van der Waals surface area contributed by atoms with Crippen LogP contribution in [0.5, 0.6) is 5.75 Å². The van der Waals surface area contributed by atoms with Gasteiger partial charge in [-0.15, -0.1) is 0 Å². The van der Waals surface area contributed by atoms with E-state index in [0.717, 1.165) is 11.3 Å². The van der Waals surface area contributed by atoms with Crippen LogP contribution in [-0.4, -0.2) is 16.2 Å². The van der Waals surface area contributed by atoms with Crippen LogP contribution in [0.4, 0.5) is 0 Å². The Morgan fingerprint density at radius 3 is 2.78 bits per heavy atom. The predicted octanol–water partition coefficient (Wildman–Crippen LogP) is 4.09. The number of aromatic nitrogens is 2. The molecular weight excluding hydrogens is 335 g/mol. The van der Waals surface area contributed by atoms with Crippen molar-refractivity contribution in [1.29, 1.82) is 0 Å². The molecule has 0 bridgehead atoms. The van der Waals surface area contributed by atoms with Gasteiger partial charge < -0.3 is 4.74 Å². The smallest absolute Gasteiger partial charge is 0.261 e. The SMILES string of the molecule is Cc1ccccc1OCCn1cnc2c(Cl)cc(Cl)cc2c1=O. The van der Waals surface area contributed by atoms with E-state index in [2.05, 4.69) is 4.98 Å². The summed E-state index contributed by atoms with van der Waals surface area (Å²) in [5.41, 5.74) is 1.32. The molecule has 3 rings (SSSR count). The summed E-state index contributed by atoms with van der Waals surface area (Å²) < 4.78 is 7.21. The van der Waals surface area contributed by atoms with Crippen molar-refractivity contribution < 1.29 is 4.74 Å². The van der Waals surface area contributed by atoms with E-state index in [1.807, 2.05) is 31.2 Å². The van der Waals surface area contributed by atoms with E-state index in [4.69, 9.17) is 27.9 Å². The highest BCUT2D eigenvalue weighted by Crippen LogP contribution is 2.24. The van der Waals surface area contributed by atoms with E-state index < -0.39 is 0 Å². The fraction of sp³-hybridized carbons (Fsp3) is 0.176. The molecule has 6 heteroatoms. The van der Waals surface area contributed by atoms with Gasteiger partial charge in [0.05, 0.1) is 28.8 Å². The Balaban J connectivity index is 1.83. The van der Waals surface area contributed by atoms with Crippen LogP contribution in [-0.2, 0) is 6.54 Å². The maximum atomic E-state index is 12.5. The van der Waals surface area contributed by atoms with Crippen molar-refractivity contribution in [2.45, 2.75) is 13.5 Å². The number of fused-ring (bicyclic) bond motifs is 1. The number of benzene rings is 2. The molecule has 1 heterocycles. The first kappa shape index (κ1) is 15.8. The zero-order valence-electron chi connectivity index (χ0n) is 12.4. The third kappa shape index (κ3) is 3.33. The molecule has 3 aromatic rings. The van der Waals surface area contributed by atoms with Gasteiger partial charge in [0, 0.05) is 5.02 Å². The highest BCUT2D eigenvalue weighted by atomic mass is 35.5. The minimum atomic E-state index is -0.187. The molecule has 2 aromatic carbocycles. The lowest BCUT2D eigenvalue weighted by Gasteiger charge is -2.11. The van der Waals surface area contributed by atoms with Crippen molar-refractivity contribution in [3.63, 3.8) is 0 Å². The molecule has 0 radical (unpaired) electrons. The molecule has 0 aliphatic rings. The Morgan fingerprint density at radius 1 is 1.22 bits per heavy atom. The van der Waals surface area contributed by atoms with E-state index in [0.29, 0.717) is 34.1 Å². The van der Waals surface area contributed by atoms with Crippen molar-refractivity contribution in [3.05, 3.63) is 68.7 Å². The first-order valence-corrected chi connectivity index (χ1v) is 7.84. The quantitative estimate of drug-likeness (QED) is 0.713. The number of aryl methyl sites for hydroxylation is 1. The molecule has 0 saturated carbocycles. The number of para-hydroxylation sites is 1. The van der Waals surface area contributed by atoms with E-state index in [1.54, 1.807) is 12.1 Å². The van der Waals surface area contributed by atoms with Crippen molar-refractivity contribution in [2.24, 2.45) is 0 Å². The molecule has 0 saturated heterocycles. The maximum absolute atomic E-state index is 12.5. The summed E-state index contributed by atoms with van der Waals surface area (Å²) in [6.45, 7) is 2.73. The molecule has 23 heavy (non-hydrogen) atoms. The second kappa shape index (κ2) is 6.60. The second-order valence-corrected chi connectivity index (χ2v) is 5.98. The lowest BCUT2D eigenvalue weighted by atomic mass is 10.2. The first-order valence-electron chi connectivity index (χ1n) is 7.09. The predicted molar refractivity (Wildman–Crippen MR) is 92.7 cm³/mol. The van der Waals surface area contributed by atoms with Crippen LogP contribution in [0.15, 0.2) is 47.5 Å². The van der Waals surface area contributed by atoms with Gasteiger partial charge in [0.2, 0.25) is 0 Å². The molecule has 118 valence electrons. The summed E-state index contributed by atoms with van der Waals surface area (Å²) in [6.07, 6.45) is 1.48. The summed E-state index contributed by atoms with van der Waals surface area (Å²) in [4.78, 5) is 16.7. The average Bonchev–Trinajstić information content (AvgIpc) is 2.52. The van der Waals surface area contributed by atoms with Gasteiger partial charge in [0.15, 0.2) is 0 Å². The summed E-state index contributed by atoms with van der Waals surface area (Å²) in [5.74, 6) is 0.806. The minimum Gasteiger partial charge on any atom is -0.491 e. The molecule has 0 aliphatic carbocycles. The Morgan fingerprint density at radius 2 is 2.00 bits per heavy atom. The van der Waals surface area contributed by atoms with E-state index in [9.17, 15) is 4.79 Å². The lowest BCUT2D eigenvalue weighted by molar-refractivity contribution is 0.294. The van der Waals surface area contributed by atoms with Crippen molar-refractivity contribution in [3.8, 4) is 5.75 Å². The normalized spacial score (nSPS) is 10.9. The summed E-state index contributed by atoms with van der Waals surface area (Å²) in [7, 11) is 0. The van der Waals surface area contributed by atoms with E-state index in [1.165, 1.54) is 10.9 Å². The van der Waals surface area contributed by atoms with Crippen LogP contribution < -0.4 is 10.3 Å². The standard InChI is InChI=1S/C17H14Cl2N2O2/c1-11-4-2-3-5-15(11)23-7-6-21-10-20-16-13(17(21)22)8-12(18)9-14(16)19/h2-5,8-10H,6-7H2,1H3. The zero-order valence-corrected chi connectivity index (χ0v) is 13.9. The number of hydrogen-bond donors (Lipinski definition) is 0. The van der Waals surface area contributed by atoms with Crippen molar-refractivity contribution >= 4 is 34.1 Å². The maximum Gasteiger partial charge on any atom is 0.261 e. The number of nitrogens with zero attached hydrogens (tertiary/aromatic N) is 2. The molecular formula is C17H14Cl2N2O2. The fourth-order valence-corrected chi connectivity index (χ4v) is 2.87. The van der Waals surface area contributed by atoms with Crippen LogP contribution in [0, 0.1) is 6.92 Å². The molecule has 0 atom stereocenters.